The summed E-state index contributed by atoms with van der Waals surface area (Å²) in [4.78, 5) is 14.1. The first-order valence-electron chi connectivity index (χ1n) is 6.36. The lowest BCUT2D eigenvalue weighted by Crippen LogP contribution is -2.54. The molecule has 1 rings (SSSR count). The summed E-state index contributed by atoms with van der Waals surface area (Å²) in [6.07, 6.45) is 2.30. The molecule has 94 valence electrons. The molecule has 0 spiro atoms. The highest BCUT2D eigenvalue weighted by atomic mass is 16.1. The number of nitrogens with one attached hydrogen (secondary N) is 1. The van der Waals surface area contributed by atoms with Crippen LogP contribution < -0.4 is 5.32 Å². The molecule has 0 aromatic rings. The molecule has 1 saturated heterocycles. The van der Waals surface area contributed by atoms with Gasteiger partial charge in [-0.15, -0.1) is 0 Å². The van der Waals surface area contributed by atoms with E-state index < -0.39 is 0 Å². The molecule has 0 aliphatic carbocycles. The number of nitrogens with zero attached hydrogens (tertiary/aromatic N) is 1. The zero-order valence-corrected chi connectivity index (χ0v) is 11.3. The van der Waals surface area contributed by atoms with Gasteiger partial charge in [-0.2, -0.15) is 0 Å². The van der Waals surface area contributed by atoms with Crippen molar-refractivity contribution in [3.05, 3.63) is 0 Å². The molecule has 1 unspecified atom stereocenters. The summed E-state index contributed by atoms with van der Waals surface area (Å²) in [6.45, 7) is 12.7. The van der Waals surface area contributed by atoms with Crippen LogP contribution in [0.15, 0.2) is 0 Å². The third kappa shape index (κ3) is 3.78. The normalized spacial score (nSPS) is 23.5. The zero-order valence-electron chi connectivity index (χ0n) is 11.3. The lowest BCUT2D eigenvalue weighted by Gasteiger charge is -2.41. The zero-order chi connectivity index (χ0) is 12.3. The van der Waals surface area contributed by atoms with Gasteiger partial charge in [-0.1, -0.05) is 13.8 Å². The Balaban J connectivity index is 2.48. The summed E-state index contributed by atoms with van der Waals surface area (Å²) in [6, 6.07) is 0.336. The van der Waals surface area contributed by atoms with Crippen LogP contribution in [-0.2, 0) is 4.79 Å². The largest absolute Gasteiger partial charge is 0.352 e. The van der Waals surface area contributed by atoms with E-state index in [-0.39, 0.29) is 17.4 Å². The number of likely N-dealkylation sites (tertiary alicyclic amines) is 1. The second-order valence-electron chi connectivity index (χ2n) is 6.12. The molecule has 0 aromatic heterocycles. The number of hydrogen-bond donors (Lipinski definition) is 1. The highest BCUT2D eigenvalue weighted by Gasteiger charge is 2.28. The molecule has 1 aliphatic heterocycles. The Labute approximate surface area is 99.6 Å². The van der Waals surface area contributed by atoms with Crippen LogP contribution in [0.2, 0.25) is 0 Å². The number of carbonyl (C=O) groups is 1. The van der Waals surface area contributed by atoms with E-state index in [9.17, 15) is 4.79 Å². The maximum atomic E-state index is 11.6. The van der Waals surface area contributed by atoms with Gasteiger partial charge in [0.15, 0.2) is 0 Å². The van der Waals surface area contributed by atoms with Gasteiger partial charge in [-0.05, 0) is 40.2 Å². The Morgan fingerprint density at radius 1 is 1.38 bits per heavy atom. The highest BCUT2D eigenvalue weighted by molar-refractivity contribution is 5.78. The Morgan fingerprint density at radius 2 is 2.00 bits per heavy atom. The number of carbonyl (C=O) groups excluding carboxylic acids is 1. The van der Waals surface area contributed by atoms with Crippen LogP contribution in [0.5, 0.6) is 0 Å². The first kappa shape index (κ1) is 13.5. The second kappa shape index (κ2) is 5.17. The predicted octanol–water partition coefficient (Wildman–Crippen LogP) is 2.02. The van der Waals surface area contributed by atoms with Crippen molar-refractivity contribution in [2.75, 3.05) is 13.1 Å². The molecule has 1 N–H and O–H groups in total. The van der Waals surface area contributed by atoms with Crippen molar-refractivity contribution in [3.8, 4) is 0 Å². The summed E-state index contributed by atoms with van der Waals surface area (Å²) in [7, 11) is 0. The number of amides is 1. The molecule has 1 amide bonds. The third-order valence-corrected chi connectivity index (χ3v) is 3.24. The smallest absolute Gasteiger partial charge is 0.222 e. The molecule has 3 nitrogen and oxygen atoms in total. The summed E-state index contributed by atoms with van der Waals surface area (Å²) in [5, 5.41) is 3.14. The molecule has 1 fully saturated rings. The lowest BCUT2D eigenvalue weighted by atomic mass is 9.98. The van der Waals surface area contributed by atoms with Crippen molar-refractivity contribution >= 4 is 5.91 Å². The van der Waals surface area contributed by atoms with E-state index in [1.165, 1.54) is 6.42 Å². The van der Waals surface area contributed by atoms with Gasteiger partial charge in [-0.25, -0.2) is 0 Å². The minimum atomic E-state index is 0.0880. The van der Waals surface area contributed by atoms with Crippen molar-refractivity contribution in [2.24, 2.45) is 5.92 Å². The fourth-order valence-corrected chi connectivity index (χ4v) is 2.07. The SMILES string of the molecule is CC(C)C(=O)NC1CCCN(C(C)(C)C)C1. The van der Waals surface area contributed by atoms with E-state index in [1.54, 1.807) is 0 Å². The minimum absolute atomic E-state index is 0.0880. The van der Waals surface area contributed by atoms with E-state index in [2.05, 4.69) is 31.0 Å². The molecular formula is C13H26N2O. The van der Waals surface area contributed by atoms with Gasteiger partial charge >= 0.3 is 0 Å². The van der Waals surface area contributed by atoms with Gasteiger partial charge < -0.3 is 5.32 Å². The first-order valence-corrected chi connectivity index (χ1v) is 6.36. The summed E-state index contributed by atoms with van der Waals surface area (Å²) >= 11 is 0. The summed E-state index contributed by atoms with van der Waals surface area (Å²) < 4.78 is 0. The lowest BCUT2D eigenvalue weighted by molar-refractivity contribution is -0.125. The van der Waals surface area contributed by atoms with E-state index in [1.807, 2.05) is 13.8 Å². The number of hydrogen-bond acceptors (Lipinski definition) is 2. The fraction of sp³-hybridized carbons (Fsp3) is 0.923. The van der Waals surface area contributed by atoms with Crippen LogP contribution in [0.4, 0.5) is 0 Å². The van der Waals surface area contributed by atoms with Crippen molar-refractivity contribution < 1.29 is 4.79 Å². The summed E-state index contributed by atoms with van der Waals surface area (Å²) in [5.41, 5.74) is 0.210. The second-order valence-corrected chi connectivity index (χ2v) is 6.12. The molecule has 1 heterocycles. The van der Waals surface area contributed by atoms with Crippen LogP contribution >= 0.6 is 0 Å². The quantitative estimate of drug-likeness (QED) is 0.781. The van der Waals surface area contributed by atoms with Gasteiger partial charge in [0.25, 0.3) is 0 Å². The van der Waals surface area contributed by atoms with Gasteiger partial charge in [-0.3, -0.25) is 9.69 Å². The van der Waals surface area contributed by atoms with E-state index in [0.717, 1.165) is 19.5 Å². The Bertz CT molecular complexity index is 243. The molecule has 1 atom stereocenters. The molecule has 0 bridgehead atoms. The van der Waals surface area contributed by atoms with Gasteiger partial charge in [0.05, 0.1) is 0 Å². The fourth-order valence-electron chi connectivity index (χ4n) is 2.07. The van der Waals surface area contributed by atoms with Crippen LogP contribution in [0.3, 0.4) is 0 Å². The molecule has 1 aliphatic rings. The monoisotopic (exact) mass is 226 g/mol. The molecule has 0 saturated carbocycles. The van der Waals surface area contributed by atoms with Crippen LogP contribution in [0.25, 0.3) is 0 Å². The Kier molecular flexibility index (Phi) is 4.36. The van der Waals surface area contributed by atoms with Crippen molar-refractivity contribution in [2.45, 2.75) is 59.0 Å². The maximum Gasteiger partial charge on any atom is 0.222 e. The first-order chi connectivity index (χ1) is 7.30. The van der Waals surface area contributed by atoms with Crippen LogP contribution in [0.1, 0.15) is 47.5 Å². The number of rotatable bonds is 2. The molecule has 16 heavy (non-hydrogen) atoms. The molecule has 3 heteroatoms. The van der Waals surface area contributed by atoms with Crippen molar-refractivity contribution in [3.63, 3.8) is 0 Å². The van der Waals surface area contributed by atoms with Gasteiger partial charge in [0, 0.05) is 24.0 Å². The Hall–Kier alpha value is -0.570. The van der Waals surface area contributed by atoms with E-state index >= 15 is 0 Å². The Morgan fingerprint density at radius 3 is 2.50 bits per heavy atom. The maximum absolute atomic E-state index is 11.6. The predicted molar refractivity (Wildman–Crippen MR) is 67.3 cm³/mol. The highest BCUT2D eigenvalue weighted by Crippen LogP contribution is 2.20. The molecule has 0 aromatic carbocycles. The number of piperidine rings is 1. The molecular weight excluding hydrogens is 200 g/mol. The van der Waals surface area contributed by atoms with E-state index in [4.69, 9.17) is 0 Å². The summed E-state index contributed by atoms with van der Waals surface area (Å²) in [5.74, 6) is 0.269. The van der Waals surface area contributed by atoms with Gasteiger partial charge in [0.1, 0.15) is 0 Å². The van der Waals surface area contributed by atoms with Crippen molar-refractivity contribution in [1.29, 1.82) is 0 Å². The van der Waals surface area contributed by atoms with E-state index in [0.29, 0.717) is 6.04 Å². The molecule has 0 radical (unpaired) electrons. The topological polar surface area (TPSA) is 32.3 Å². The minimum Gasteiger partial charge on any atom is -0.352 e. The van der Waals surface area contributed by atoms with Crippen LogP contribution in [0, 0.1) is 5.92 Å². The average Bonchev–Trinajstić information content (AvgIpc) is 2.16. The van der Waals surface area contributed by atoms with Crippen molar-refractivity contribution in [1.82, 2.24) is 10.2 Å². The van der Waals surface area contributed by atoms with Gasteiger partial charge in [0.2, 0.25) is 5.91 Å². The average molecular weight is 226 g/mol. The van der Waals surface area contributed by atoms with Crippen LogP contribution in [-0.4, -0.2) is 35.5 Å². The standard InChI is InChI=1S/C13H26N2O/c1-10(2)12(16)14-11-7-6-8-15(9-11)13(3,4)5/h10-11H,6-9H2,1-5H3,(H,14,16). The third-order valence-electron chi connectivity index (χ3n) is 3.24.